The van der Waals surface area contributed by atoms with Crippen LogP contribution in [0, 0.1) is 0 Å². The molecule has 0 aliphatic heterocycles. The van der Waals surface area contributed by atoms with Crippen LogP contribution in [0.1, 0.15) is 37.3 Å². The third-order valence-electron chi connectivity index (χ3n) is 6.13. The quantitative estimate of drug-likeness (QED) is 0.285. The molecule has 0 radical (unpaired) electrons. The van der Waals surface area contributed by atoms with Crippen molar-refractivity contribution in [2.75, 3.05) is 31.1 Å². The van der Waals surface area contributed by atoms with Gasteiger partial charge in [-0.3, -0.25) is 9.69 Å². The molecular formula is C28H31N3OS. The van der Waals surface area contributed by atoms with Gasteiger partial charge in [0.2, 0.25) is 5.91 Å². The molecule has 1 amide bonds. The molecule has 0 saturated carbocycles. The van der Waals surface area contributed by atoms with Gasteiger partial charge in [0.05, 0.1) is 10.2 Å². The van der Waals surface area contributed by atoms with Crippen LogP contribution < -0.4 is 4.90 Å². The van der Waals surface area contributed by atoms with Crippen molar-refractivity contribution >= 4 is 32.6 Å². The minimum absolute atomic E-state index is 0.00484. The minimum Gasteiger partial charge on any atom is -0.302 e. The number of amides is 1. The summed E-state index contributed by atoms with van der Waals surface area (Å²) in [6, 6.07) is 28.8. The Hall–Kier alpha value is -3.02. The number of rotatable bonds is 10. The van der Waals surface area contributed by atoms with Crippen molar-refractivity contribution in [3.8, 4) is 0 Å². The molecule has 170 valence electrons. The molecule has 4 rings (SSSR count). The summed E-state index contributed by atoms with van der Waals surface area (Å²) >= 11 is 1.59. The highest BCUT2D eigenvalue weighted by Gasteiger charge is 2.25. The predicted molar refractivity (Wildman–Crippen MR) is 139 cm³/mol. The summed E-state index contributed by atoms with van der Waals surface area (Å²) in [5.41, 5.74) is 3.26. The van der Waals surface area contributed by atoms with Gasteiger partial charge in [0.15, 0.2) is 5.13 Å². The number of benzene rings is 3. The summed E-state index contributed by atoms with van der Waals surface area (Å²) in [5.74, 6) is 0.115. The SMILES string of the molecule is CCN(CC)CCN(C(=O)CC(c1ccccc1)c1ccccc1)c1nc2ccccc2s1. The molecule has 0 aliphatic carbocycles. The highest BCUT2D eigenvalue weighted by atomic mass is 32.1. The number of para-hydroxylation sites is 1. The van der Waals surface area contributed by atoms with Crippen LogP contribution in [0.15, 0.2) is 84.9 Å². The van der Waals surface area contributed by atoms with Gasteiger partial charge < -0.3 is 4.90 Å². The average molecular weight is 458 g/mol. The van der Waals surface area contributed by atoms with Crippen molar-refractivity contribution in [3.05, 3.63) is 96.1 Å². The maximum absolute atomic E-state index is 13.8. The molecular weight excluding hydrogens is 426 g/mol. The number of hydrogen-bond donors (Lipinski definition) is 0. The van der Waals surface area contributed by atoms with E-state index in [4.69, 9.17) is 4.98 Å². The lowest BCUT2D eigenvalue weighted by Crippen LogP contribution is -2.39. The second-order valence-corrected chi connectivity index (χ2v) is 9.12. The lowest BCUT2D eigenvalue weighted by molar-refractivity contribution is -0.118. The minimum atomic E-state index is 0.00484. The molecule has 4 nitrogen and oxygen atoms in total. The van der Waals surface area contributed by atoms with Crippen LogP contribution in [0.2, 0.25) is 0 Å². The van der Waals surface area contributed by atoms with Crippen LogP contribution >= 0.6 is 11.3 Å². The number of anilines is 1. The largest absolute Gasteiger partial charge is 0.302 e. The van der Waals surface area contributed by atoms with E-state index < -0.39 is 0 Å². The summed E-state index contributed by atoms with van der Waals surface area (Å²) < 4.78 is 1.11. The normalized spacial score (nSPS) is 11.4. The maximum Gasteiger partial charge on any atom is 0.229 e. The Balaban J connectivity index is 1.65. The lowest BCUT2D eigenvalue weighted by atomic mass is 9.88. The number of hydrogen-bond acceptors (Lipinski definition) is 4. The Kier molecular flexibility index (Phi) is 7.87. The summed E-state index contributed by atoms with van der Waals surface area (Å²) in [4.78, 5) is 22.9. The van der Waals surface area contributed by atoms with Crippen molar-refractivity contribution in [3.63, 3.8) is 0 Å². The van der Waals surface area contributed by atoms with E-state index in [0.29, 0.717) is 13.0 Å². The van der Waals surface area contributed by atoms with Crippen molar-refractivity contribution in [2.45, 2.75) is 26.2 Å². The van der Waals surface area contributed by atoms with Gasteiger partial charge in [-0.25, -0.2) is 4.98 Å². The van der Waals surface area contributed by atoms with Gasteiger partial charge in [-0.15, -0.1) is 0 Å². The van der Waals surface area contributed by atoms with Crippen molar-refractivity contribution in [2.24, 2.45) is 0 Å². The Morgan fingerprint density at radius 1 is 0.818 bits per heavy atom. The molecule has 4 aromatic rings. The van der Waals surface area contributed by atoms with Crippen LogP contribution in [-0.2, 0) is 4.79 Å². The topological polar surface area (TPSA) is 36.4 Å². The van der Waals surface area contributed by atoms with Crippen molar-refractivity contribution in [1.29, 1.82) is 0 Å². The third-order valence-corrected chi connectivity index (χ3v) is 7.19. The van der Waals surface area contributed by atoms with E-state index in [9.17, 15) is 4.79 Å². The lowest BCUT2D eigenvalue weighted by Gasteiger charge is -2.26. The number of thiazole rings is 1. The molecule has 3 aromatic carbocycles. The fraction of sp³-hybridized carbons (Fsp3) is 0.286. The number of nitrogens with zero attached hydrogens (tertiary/aromatic N) is 3. The highest BCUT2D eigenvalue weighted by molar-refractivity contribution is 7.22. The zero-order valence-corrected chi connectivity index (χ0v) is 20.2. The van der Waals surface area contributed by atoms with E-state index in [0.717, 1.165) is 46.1 Å². The molecule has 0 aliphatic rings. The third kappa shape index (κ3) is 5.67. The second kappa shape index (κ2) is 11.2. The van der Waals surface area contributed by atoms with Gasteiger partial charge in [0, 0.05) is 25.4 Å². The number of aromatic nitrogens is 1. The number of carbonyl (C=O) groups excluding carboxylic acids is 1. The van der Waals surface area contributed by atoms with Crippen molar-refractivity contribution in [1.82, 2.24) is 9.88 Å². The molecule has 0 saturated heterocycles. The van der Waals surface area contributed by atoms with E-state index in [-0.39, 0.29) is 11.8 Å². The molecule has 0 spiro atoms. The first-order valence-corrected chi connectivity index (χ1v) is 12.5. The first-order valence-electron chi connectivity index (χ1n) is 11.7. The van der Waals surface area contributed by atoms with Crippen LogP contribution in [0.25, 0.3) is 10.2 Å². The predicted octanol–water partition coefficient (Wildman–Crippen LogP) is 6.19. The zero-order valence-electron chi connectivity index (χ0n) is 19.4. The Morgan fingerprint density at radius 3 is 1.97 bits per heavy atom. The van der Waals surface area contributed by atoms with E-state index in [1.54, 1.807) is 11.3 Å². The van der Waals surface area contributed by atoms with E-state index >= 15 is 0 Å². The standard InChI is InChI=1S/C28H31N3OS/c1-3-30(4-2)19-20-31(28-29-25-17-11-12-18-26(25)33-28)27(32)21-24(22-13-7-5-8-14-22)23-15-9-6-10-16-23/h5-18,24H,3-4,19-21H2,1-2H3. The molecule has 0 fully saturated rings. The summed E-state index contributed by atoms with van der Waals surface area (Å²) in [5, 5.41) is 0.785. The van der Waals surface area contributed by atoms with Crippen molar-refractivity contribution < 1.29 is 4.79 Å². The maximum atomic E-state index is 13.8. The highest BCUT2D eigenvalue weighted by Crippen LogP contribution is 2.32. The fourth-order valence-corrected chi connectivity index (χ4v) is 5.18. The summed E-state index contributed by atoms with van der Waals surface area (Å²) in [6.45, 7) is 7.72. The molecule has 5 heteroatoms. The fourth-order valence-electron chi connectivity index (χ4n) is 4.17. The summed E-state index contributed by atoms with van der Waals surface area (Å²) in [7, 11) is 0. The van der Waals surface area contributed by atoms with Gasteiger partial charge >= 0.3 is 0 Å². The second-order valence-electron chi connectivity index (χ2n) is 8.11. The number of carbonyl (C=O) groups is 1. The Bertz CT molecular complexity index is 1080. The van der Waals surface area contributed by atoms with E-state index in [1.807, 2.05) is 59.5 Å². The first-order chi connectivity index (χ1) is 16.2. The van der Waals surface area contributed by atoms with Gasteiger partial charge in [0.25, 0.3) is 0 Å². The Morgan fingerprint density at radius 2 is 1.39 bits per heavy atom. The molecule has 33 heavy (non-hydrogen) atoms. The van der Waals surface area contributed by atoms with Crippen LogP contribution in [-0.4, -0.2) is 42.0 Å². The van der Waals surface area contributed by atoms with Gasteiger partial charge in [-0.1, -0.05) is 98.0 Å². The molecule has 1 aromatic heterocycles. The van der Waals surface area contributed by atoms with E-state index in [1.165, 1.54) is 0 Å². The zero-order chi connectivity index (χ0) is 23.0. The van der Waals surface area contributed by atoms with Gasteiger partial charge in [-0.05, 0) is 36.3 Å². The monoisotopic (exact) mass is 457 g/mol. The molecule has 0 atom stereocenters. The van der Waals surface area contributed by atoms with Crippen LogP contribution in [0.3, 0.4) is 0 Å². The smallest absolute Gasteiger partial charge is 0.229 e. The molecule has 0 N–H and O–H groups in total. The number of likely N-dealkylation sites (N-methyl/N-ethyl adjacent to an activating group) is 1. The average Bonchev–Trinajstić information content (AvgIpc) is 3.30. The van der Waals surface area contributed by atoms with Gasteiger partial charge in [-0.2, -0.15) is 0 Å². The summed E-state index contributed by atoms with van der Waals surface area (Å²) in [6.07, 6.45) is 0.405. The molecule has 0 unspecified atom stereocenters. The first kappa shape index (κ1) is 23.1. The Labute approximate surface area is 200 Å². The van der Waals surface area contributed by atoms with Crippen LogP contribution in [0.5, 0.6) is 0 Å². The van der Waals surface area contributed by atoms with Gasteiger partial charge in [0.1, 0.15) is 0 Å². The molecule has 1 heterocycles. The van der Waals surface area contributed by atoms with E-state index in [2.05, 4.69) is 49.1 Å². The number of fused-ring (bicyclic) bond motifs is 1. The molecule has 0 bridgehead atoms. The van der Waals surface area contributed by atoms with Crippen LogP contribution in [0.4, 0.5) is 5.13 Å².